The highest BCUT2D eigenvalue weighted by Gasteiger charge is 2.25. The highest BCUT2D eigenvalue weighted by Crippen LogP contribution is 2.30. The van der Waals surface area contributed by atoms with Crippen molar-refractivity contribution in [3.63, 3.8) is 0 Å². The first-order chi connectivity index (χ1) is 4.97. The summed E-state index contributed by atoms with van der Waals surface area (Å²) in [5.41, 5.74) is 0.0292. The molecular weight excluding hydrogens is 160 g/mol. The standard InChI is InChI=1S/C9H11ClO/c1-8(2)3-5-9(10,7-11)6-4-8/h3-7H,1-2H3. The van der Waals surface area contributed by atoms with Crippen LogP contribution in [-0.4, -0.2) is 11.2 Å². The van der Waals surface area contributed by atoms with Crippen molar-refractivity contribution in [1.29, 1.82) is 0 Å². The van der Waals surface area contributed by atoms with Gasteiger partial charge in [0.05, 0.1) is 0 Å². The lowest BCUT2D eigenvalue weighted by molar-refractivity contribution is -0.108. The van der Waals surface area contributed by atoms with Crippen LogP contribution in [0.3, 0.4) is 0 Å². The summed E-state index contributed by atoms with van der Waals surface area (Å²) in [7, 11) is 0. The number of rotatable bonds is 1. The van der Waals surface area contributed by atoms with Crippen LogP contribution >= 0.6 is 11.6 Å². The maximum atomic E-state index is 10.5. The largest absolute Gasteiger partial charge is 0.301 e. The number of hydrogen-bond acceptors (Lipinski definition) is 1. The molecule has 0 bridgehead atoms. The van der Waals surface area contributed by atoms with E-state index in [0.717, 1.165) is 6.29 Å². The zero-order chi connectivity index (χ0) is 8.54. The second-order valence-corrected chi connectivity index (χ2v) is 4.09. The molecule has 11 heavy (non-hydrogen) atoms. The molecule has 0 saturated heterocycles. The Kier molecular flexibility index (Phi) is 1.93. The van der Waals surface area contributed by atoms with Crippen LogP contribution in [0.1, 0.15) is 13.8 Å². The van der Waals surface area contributed by atoms with Gasteiger partial charge in [-0.25, -0.2) is 0 Å². The molecule has 0 aromatic rings. The number of alkyl halides is 1. The zero-order valence-corrected chi connectivity index (χ0v) is 7.43. The topological polar surface area (TPSA) is 17.1 Å². The summed E-state index contributed by atoms with van der Waals surface area (Å²) in [5.74, 6) is 0. The molecule has 0 saturated carbocycles. The van der Waals surface area contributed by atoms with E-state index in [1.807, 2.05) is 12.2 Å². The van der Waals surface area contributed by atoms with Gasteiger partial charge in [-0.3, -0.25) is 0 Å². The minimum atomic E-state index is -0.893. The minimum Gasteiger partial charge on any atom is -0.301 e. The fourth-order valence-electron chi connectivity index (χ4n) is 0.875. The number of hydrogen-bond donors (Lipinski definition) is 0. The molecule has 1 aliphatic rings. The number of carbonyl (C=O) groups excluding carboxylic acids is 1. The Balaban J connectivity index is 2.88. The number of allylic oxidation sites excluding steroid dienone is 4. The molecule has 0 spiro atoms. The smallest absolute Gasteiger partial charge is 0.148 e. The molecule has 1 nitrogen and oxygen atoms in total. The van der Waals surface area contributed by atoms with E-state index in [4.69, 9.17) is 11.6 Å². The number of aldehydes is 1. The zero-order valence-electron chi connectivity index (χ0n) is 6.67. The normalized spacial score (nSPS) is 25.0. The van der Waals surface area contributed by atoms with Gasteiger partial charge in [-0.2, -0.15) is 0 Å². The van der Waals surface area contributed by atoms with Crippen molar-refractivity contribution in [3.8, 4) is 0 Å². The van der Waals surface area contributed by atoms with Gasteiger partial charge in [-0.15, -0.1) is 11.6 Å². The van der Waals surface area contributed by atoms with Gasteiger partial charge in [0.1, 0.15) is 11.2 Å². The molecule has 0 aromatic heterocycles. The Bertz CT molecular complexity index is 210. The number of halogens is 1. The monoisotopic (exact) mass is 170 g/mol. The van der Waals surface area contributed by atoms with E-state index in [0.29, 0.717) is 0 Å². The average molecular weight is 171 g/mol. The van der Waals surface area contributed by atoms with Crippen molar-refractivity contribution >= 4 is 17.9 Å². The van der Waals surface area contributed by atoms with Gasteiger partial charge in [0.15, 0.2) is 0 Å². The van der Waals surface area contributed by atoms with Crippen LogP contribution in [0.15, 0.2) is 24.3 Å². The molecule has 0 fully saturated rings. The molecule has 1 rings (SSSR count). The summed E-state index contributed by atoms with van der Waals surface area (Å²) >= 11 is 5.85. The molecule has 2 heteroatoms. The predicted octanol–water partition coefficient (Wildman–Crippen LogP) is 2.32. The van der Waals surface area contributed by atoms with Crippen molar-refractivity contribution in [1.82, 2.24) is 0 Å². The van der Waals surface area contributed by atoms with Crippen molar-refractivity contribution in [2.75, 3.05) is 0 Å². The molecular formula is C9H11ClO. The first-order valence-corrected chi connectivity index (χ1v) is 3.91. The third kappa shape index (κ3) is 1.93. The summed E-state index contributed by atoms with van der Waals surface area (Å²) in [4.78, 5) is 9.56. The third-order valence-corrected chi connectivity index (χ3v) is 2.06. The molecule has 0 unspecified atom stereocenters. The Morgan fingerprint density at radius 2 is 1.64 bits per heavy atom. The first kappa shape index (κ1) is 8.54. The van der Waals surface area contributed by atoms with E-state index < -0.39 is 4.87 Å². The van der Waals surface area contributed by atoms with E-state index in [1.54, 1.807) is 12.2 Å². The van der Waals surface area contributed by atoms with E-state index in [9.17, 15) is 4.79 Å². The maximum absolute atomic E-state index is 10.5. The average Bonchev–Trinajstić information content (AvgIpc) is 1.97. The summed E-state index contributed by atoms with van der Waals surface area (Å²) in [5, 5.41) is 0. The molecule has 0 aliphatic heterocycles. The summed E-state index contributed by atoms with van der Waals surface area (Å²) < 4.78 is 0. The molecule has 0 heterocycles. The van der Waals surface area contributed by atoms with Gasteiger partial charge in [-0.05, 0) is 0 Å². The lowest BCUT2D eigenvalue weighted by Gasteiger charge is -2.23. The van der Waals surface area contributed by atoms with Crippen molar-refractivity contribution in [2.45, 2.75) is 18.7 Å². The second-order valence-electron chi connectivity index (χ2n) is 3.43. The van der Waals surface area contributed by atoms with Crippen molar-refractivity contribution in [2.24, 2.45) is 5.41 Å². The molecule has 1 aliphatic carbocycles. The summed E-state index contributed by atoms with van der Waals surface area (Å²) in [6, 6.07) is 0. The van der Waals surface area contributed by atoms with Gasteiger partial charge in [0.2, 0.25) is 0 Å². The third-order valence-electron chi connectivity index (χ3n) is 1.72. The van der Waals surface area contributed by atoms with Gasteiger partial charge in [0, 0.05) is 5.41 Å². The Morgan fingerprint density at radius 3 is 2.00 bits per heavy atom. The highest BCUT2D eigenvalue weighted by atomic mass is 35.5. The molecule has 60 valence electrons. The molecule has 0 amide bonds. The Hall–Kier alpha value is -0.560. The lowest BCUT2D eigenvalue weighted by Crippen LogP contribution is -2.22. The second kappa shape index (κ2) is 2.49. The van der Waals surface area contributed by atoms with Gasteiger partial charge in [-0.1, -0.05) is 38.2 Å². The van der Waals surface area contributed by atoms with E-state index >= 15 is 0 Å². The summed E-state index contributed by atoms with van der Waals surface area (Å²) in [6.07, 6.45) is 8.06. The van der Waals surface area contributed by atoms with Crippen molar-refractivity contribution in [3.05, 3.63) is 24.3 Å². The fraction of sp³-hybridized carbons (Fsp3) is 0.444. The molecule has 0 aromatic carbocycles. The maximum Gasteiger partial charge on any atom is 0.148 e. The van der Waals surface area contributed by atoms with Crippen molar-refractivity contribution < 1.29 is 4.79 Å². The van der Waals surface area contributed by atoms with Gasteiger partial charge < -0.3 is 4.79 Å². The van der Waals surface area contributed by atoms with Crippen LogP contribution in [0.5, 0.6) is 0 Å². The highest BCUT2D eigenvalue weighted by molar-refractivity contribution is 6.34. The van der Waals surface area contributed by atoms with Crippen LogP contribution < -0.4 is 0 Å². The van der Waals surface area contributed by atoms with Crippen LogP contribution in [-0.2, 0) is 4.79 Å². The van der Waals surface area contributed by atoms with Gasteiger partial charge >= 0.3 is 0 Å². The van der Waals surface area contributed by atoms with Crippen LogP contribution in [0.4, 0.5) is 0 Å². The van der Waals surface area contributed by atoms with Crippen LogP contribution in [0, 0.1) is 5.41 Å². The summed E-state index contributed by atoms with van der Waals surface area (Å²) in [6.45, 7) is 4.11. The fourth-order valence-corrected chi connectivity index (χ4v) is 1.00. The molecule has 0 atom stereocenters. The Morgan fingerprint density at radius 1 is 1.18 bits per heavy atom. The first-order valence-electron chi connectivity index (χ1n) is 3.53. The lowest BCUT2D eigenvalue weighted by atomic mass is 9.85. The SMILES string of the molecule is CC1(C)C=CC(Cl)(C=O)C=C1. The minimum absolute atomic E-state index is 0.0292. The van der Waals surface area contributed by atoms with E-state index in [1.165, 1.54) is 0 Å². The quantitative estimate of drug-likeness (QED) is 0.335. The molecule has 0 radical (unpaired) electrons. The van der Waals surface area contributed by atoms with E-state index in [-0.39, 0.29) is 5.41 Å². The predicted molar refractivity (Wildman–Crippen MR) is 46.7 cm³/mol. The van der Waals surface area contributed by atoms with Gasteiger partial charge in [0.25, 0.3) is 0 Å². The molecule has 0 N–H and O–H groups in total. The van der Waals surface area contributed by atoms with E-state index in [2.05, 4.69) is 13.8 Å². The number of carbonyl (C=O) groups is 1. The Labute approximate surface area is 71.7 Å². The van der Waals surface area contributed by atoms with Crippen LogP contribution in [0.25, 0.3) is 0 Å². The van der Waals surface area contributed by atoms with Crippen LogP contribution in [0.2, 0.25) is 0 Å².